The third kappa shape index (κ3) is 18.9. The lowest BCUT2D eigenvalue weighted by Crippen LogP contribution is -2.39. The average molecular weight is 1270 g/mol. The van der Waals surface area contributed by atoms with E-state index in [0.717, 1.165) is 108 Å². The number of halogens is 5. The molecule has 2 aliphatic rings. The molecule has 83 heavy (non-hydrogen) atoms. The molecule has 2 aliphatic carbocycles. The second kappa shape index (κ2) is 32.0. The number of hydrogen-bond donors (Lipinski definition) is 8. The molecule has 3 amide bonds. The zero-order chi connectivity index (χ0) is 57.3. The number of carbonyl (C=O) groups excluding carboxylic acids is 4. The number of amides is 3. The van der Waals surface area contributed by atoms with Crippen molar-refractivity contribution in [2.45, 2.75) is 70.9 Å². The average Bonchev–Trinajstić information content (AvgIpc) is 4.15. The lowest BCUT2D eigenvalue weighted by atomic mass is 9.85. The van der Waals surface area contributed by atoms with Crippen molar-refractivity contribution in [1.82, 2.24) is 40.1 Å². The third-order valence-corrected chi connectivity index (χ3v) is 14.7. The molecule has 8 aromatic rings. The van der Waals surface area contributed by atoms with Gasteiger partial charge in [-0.25, -0.2) is 19.9 Å². The van der Waals surface area contributed by atoms with Gasteiger partial charge in [0.05, 0.1) is 33.8 Å². The summed E-state index contributed by atoms with van der Waals surface area (Å²) in [4.78, 5) is 74.2. The smallest absolute Gasteiger partial charge is 0.244 e. The minimum atomic E-state index is -0.431. The van der Waals surface area contributed by atoms with Crippen molar-refractivity contribution in [2.24, 2.45) is 17.6 Å². The largest absolute Gasteiger partial charge is 0.360 e. The monoisotopic (exact) mass is 1270 g/mol. The Morgan fingerprint density at radius 1 is 0.651 bits per heavy atom. The first-order chi connectivity index (χ1) is 39.2. The van der Waals surface area contributed by atoms with Gasteiger partial charge in [0.25, 0.3) is 0 Å². The van der Waals surface area contributed by atoms with Crippen LogP contribution in [0.15, 0.2) is 146 Å². The Kier molecular flexibility index (Phi) is 25.1. The fourth-order valence-electron chi connectivity index (χ4n) is 9.50. The Bertz CT molecular complexity index is 3520. The molecule has 0 saturated heterocycles. The Morgan fingerprint density at radius 3 is 1.55 bits per heavy atom. The first-order valence-electron chi connectivity index (χ1n) is 26.5. The summed E-state index contributed by atoms with van der Waals surface area (Å²) in [7, 11) is 3.91. The molecule has 0 aliphatic heterocycles. The number of aromatic nitrogens is 6. The van der Waals surface area contributed by atoms with Crippen LogP contribution in [0.25, 0.3) is 44.3 Å². The summed E-state index contributed by atoms with van der Waals surface area (Å²) in [6.45, 7) is 0.718. The summed E-state index contributed by atoms with van der Waals surface area (Å²) >= 11 is 20.9. The molecule has 0 spiro atoms. The number of para-hydroxylation sites is 2. The van der Waals surface area contributed by atoms with Gasteiger partial charge in [-0.3, -0.25) is 19.2 Å². The van der Waals surface area contributed by atoms with E-state index in [1.54, 1.807) is 24.5 Å². The molecule has 9 N–H and O–H groups in total. The molecule has 0 radical (unpaired) electrons. The van der Waals surface area contributed by atoms with Gasteiger partial charge >= 0.3 is 0 Å². The minimum absolute atomic E-state index is 0. The van der Waals surface area contributed by atoms with Crippen LogP contribution < -0.4 is 32.3 Å². The summed E-state index contributed by atoms with van der Waals surface area (Å²) < 4.78 is 0. The van der Waals surface area contributed by atoms with Crippen molar-refractivity contribution in [1.29, 1.82) is 0 Å². The van der Waals surface area contributed by atoms with Gasteiger partial charge in [-0.05, 0) is 132 Å². The van der Waals surface area contributed by atoms with Gasteiger partial charge in [0.2, 0.25) is 34.9 Å². The topological polar surface area (TPSA) is 241 Å². The third-order valence-electron chi connectivity index (χ3n) is 13.6. The van der Waals surface area contributed by atoms with Gasteiger partial charge in [-0.15, -0.1) is 12.4 Å². The summed E-state index contributed by atoms with van der Waals surface area (Å²) in [6.07, 6.45) is 19.8. The predicted molar refractivity (Wildman–Crippen MR) is 345 cm³/mol. The second-order valence-electron chi connectivity index (χ2n) is 19.9. The molecule has 0 bridgehead atoms. The second-order valence-corrected chi connectivity index (χ2v) is 21.7. The van der Waals surface area contributed by atoms with Crippen LogP contribution in [0.4, 0.5) is 34.6 Å². The van der Waals surface area contributed by atoms with Gasteiger partial charge in [0.15, 0.2) is 0 Å². The number of nitrogens with one attached hydrogen (secondary N) is 7. The first-order valence-corrected chi connectivity index (χ1v) is 28.8. The molecule has 436 valence electrons. The van der Waals surface area contributed by atoms with Crippen molar-refractivity contribution in [3.63, 3.8) is 0 Å². The number of rotatable bonds is 16. The number of H-pyrrole nitrogens is 2. The Hall–Kier alpha value is -7.16. The van der Waals surface area contributed by atoms with E-state index in [1.165, 1.54) is 6.08 Å². The molecule has 2 fully saturated rings. The zero-order valence-corrected chi connectivity index (χ0v) is 49.8. The molecule has 17 nitrogen and oxygen atoms in total. The normalized spacial score (nSPS) is 16.6. The molecular weight excluding hydrogens is 1200 g/mol. The van der Waals surface area contributed by atoms with Gasteiger partial charge in [-0.1, -0.05) is 107 Å². The fraction of sp³-hybridized carbons (Fsp3) is 0.279. The molecule has 10 rings (SSSR count). The van der Waals surface area contributed by atoms with E-state index in [0.29, 0.717) is 44.3 Å². The number of fused-ring (bicyclic) bond motifs is 2. The van der Waals surface area contributed by atoms with E-state index in [4.69, 9.17) is 40.5 Å². The van der Waals surface area contributed by atoms with E-state index in [1.807, 2.05) is 135 Å². The van der Waals surface area contributed by atoms with Crippen LogP contribution in [0.5, 0.6) is 0 Å². The number of allylic oxidation sites excluding steroid dienone is 2. The highest BCUT2D eigenvalue weighted by Gasteiger charge is 2.28. The zero-order valence-electron chi connectivity index (χ0n) is 45.1. The van der Waals surface area contributed by atoms with E-state index in [2.05, 4.69) is 72.4 Å². The predicted octanol–water partition coefficient (Wildman–Crippen LogP) is 14.0. The van der Waals surface area contributed by atoms with Gasteiger partial charge in [0, 0.05) is 110 Å². The van der Waals surface area contributed by atoms with Crippen LogP contribution in [0.1, 0.15) is 58.8 Å². The molecule has 4 aromatic heterocycles. The summed E-state index contributed by atoms with van der Waals surface area (Å²) in [5.74, 6) is 0.689. The lowest BCUT2D eigenvalue weighted by Gasteiger charge is -2.28. The summed E-state index contributed by atoms with van der Waals surface area (Å²) in [5, 5.41) is 18.8. The van der Waals surface area contributed by atoms with Gasteiger partial charge < -0.3 is 47.2 Å². The maximum atomic E-state index is 13.0. The van der Waals surface area contributed by atoms with Crippen molar-refractivity contribution >= 4 is 143 Å². The number of likely N-dealkylation sites (N-methyl/N-ethyl adjacent to an activating group) is 1. The van der Waals surface area contributed by atoms with Crippen LogP contribution in [-0.2, 0) is 19.2 Å². The number of nitrogens with two attached hydrogens (primary N) is 1. The number of anilines is 6. The van der Waals surface area contributed by atoms with Crippen LogP contribution >= 0.6 is 63.1 Å². The number of alkyl halides is 1. The van der Waals surface area contributed by atoms with Crippen LogP contribution in [-0.4, -0.2) is 95.8 Å². The first kappa shape index (κ1) is 65.0. The molecule has 2 saturated carbocycles. The molecule has 22 heteroatoms. The van der Waals surface area contributed by atoms with Crippen LogP contribution in [0.3, 0.4) is 0 Å². The molecule has 0 unspecified atom stereocenters. The molecular formula is C61H68BrCl4N13O4. The fourth-order valence-corrected chi connectivity index (χ4v) is 10.2. The van der Waals surface area contributed by atoms with E-state index in [-0.39, 0.29) is 61.5 Å². The molecule has 0 atom stereocenters. The number of aromatic amines is 2. The van der Waals surface area contributed by atoms with Crippen molar-refractivity contribution in [3.05, 3.63) is 156 Å². The van der Waals surface area contributed by atoms with Crippen molar-refractivity contribution in [3.8, 4) is 22.5 Å². The highest BCUT2D eigenvalue weighted by atomic mass is 79.9. The van der Waals surface area contributed by atoms with E-state index >= 15 is 0 Å². The number of hydrogen-bond acceptors (Lipinski definition) is 12. The minimum Gasteiger partial charge on any atom is -0.360 e. The SMILES string of the molecule is C.CN(C)C/C=C/C(=O)NC1CCC(C(=O)Nc2cccc(Nc3ncc(Cl)c(-c4c[nH]c5ccccc45)n3)c2)CC1.Cl.NC1CCC(C(=O)Nc2cccc(Nc3ncc(Cl)c(-c4c[nH]c5ccccc45)n3)c2)CC1.O=C(Cl)/C=C/CBr. The molecule has 4 heterocycles. The quantitative estimate of drug-likeness (QED) is 0.0256. The van der Waals surface area contributed by atoms with Crippen molar-refractivity contribution < 1.29 is 19.2 Å². The number of benzene rings is 4. The van der Waals surface area contributed by atoms with Crippen molar-refractivity contribution in [2.75, 3.05) is 47.2 Å². The van der Waals surface area contributed by atoms with E-state index < -0.39 is 5.24 Å². The maximum absolute atomic E-state index is 13.0. The van der Waals surface area contributed by atoms with Gasteiger partial charge in [-0.2, -0.15) is 0 Å². The lowest BCUT2D eigenvalue weighted by molar-refractivity contribution is -0.121. The number of nitrogens with zero attached hydrogens (tertiary/aromatic N) is 5. The van der Waals surface area contributed by atoms with Gasteiger partial charge in [0.1, 0.15) is 0 Å². The Labute approximate surface area is 513 Å². The van der Waals surface area contributed by atoms with Crippen LogP contribution in [0, 0.1) is 11.8 Å². The standard InChI is InChI=1S/C31H34ClN7O2.C25H25ClN6O.C4H4BrClO.CH4.ClH/c1-39(2)16-6-11-28(40)35-21-14-12-20(13-15-21)30(41)36-22-7-5-8-23(17-22)37-31-34-19-26(32)29(38-31)25-18-33-27-10-4-3-9-24(25)27;26-21-14-29-25(32-23(21)20-13-28-22-7-2-1-6-19(20)22)31-18-5-3-4-17(12-18)30-24(33)15-8-10-16(27)11-9-15;5-3-1-2-4(6)7;;/h3-11,17-21,33H,12-16H2,1-2H3,(H,35,40)(H,36,41)(H,34,37,38);1-7,12-16,28H,8-11,27H2,(H,30,33)(H,29,31,32);1-2H,3H2;1H4;1H/b11-6+;;2-1+;;. The number of carbonyl (C=O) groups is 4. The van der Waals surface area contributed by atoms with Crippen LogP contribution in [0.2, 0.25) is 10.0 Å². The highest BCUT2D eigenvalue weighted by Crippen LogP contribution is 2.35. The maximum Gasteiger partial charge on any atom is 0.244 e. The Morgan fingerprint density at radius 2 is 1.11 bits per heavy atom. The summed E-state index contributed by atoms with van der Waals surface area (Å²) in [5.41, 5.74) is 14.0. The Balaban J connectivity index is 0.000000238. The van der Waals surface area contributed by atoms with E-state index in [9.17, 15) is 19.2 Å². The molecule has 4 aromatic carbocycles. The summed E-state index contributed by atoms with van der Waals surface area (Å²) in [6, 6.07) is 31.3. The highest BCUT2D eigenvalue weighted by molar-refractivity contribution is 9.09.